The molecule has 0 saturated carbocycles. The van der Waals surface area contributed by atoms with Gasteiger partial charge in [0, 0.05) is 23.0 Å². The monoisotopic (exact) mass is 273 g/mol. The average molecular weight is 274 g/mol. The van der Waals surface area contributed by atoms with E-state index in [1.807, 2.05) is 0 Å². The quantitative estimate of drug-likeness (QED) is 0.814. The molecule has 94 valence electrons. The smallest absolute Gasteiger partial charge is 0.406 e. The van der Waals surface area contributed by atoms with Gasteiger partial charge in [-0.3, -0.25) is 4.98 Å². The Bertz CT molecular complexity index is 543. The maximum absolute atomic E-state index is 12.1. The first kappa shape index (κ1) is 12.7. The van der Waals surface area contributed by atoms with Crippen molar-refractivity contribution in [2.75, 3.05) is 0 Å². The first-order valence-electron chi connectivity index (χ1n) is 4.91. The molecule has 1 heterocycles. The molecular weight excluding hydrogens is 267 g/mol. The lowest BCUT2D eigenvalue weighted by Crippen LogP contribution is -2.17. The summed E-state index contributed by atoms with van der Waals surface area (Å²) >= 11 is 5.94. The van der Waals surface area contributed by atoms with Crippen LogP contribution in [0.4, 0.5) is 13.2 Å². The molecule has 0 atom stereocenters. The second-order valence-electron chi connectivity index (χ2n) is 3.43. The van der Waals surface area contributed by atoms with Crippen LogP contribution in [0.2, 0.25) is 5.02 Å². The highest BCUT2D eigenvalue weighted by atomic mass is 35.5. The highest BCUT2D eigenvalue weighted by Crippen LogP contribution is 2.33. The Labute approximate surface area is 106 Å². The van der Waals surface area contributed by atoms with E-state index < -0.39 is 6.36 Å². The minimum Gasteiger partial charge on any atom is -0.406 e. The van der Waals surface area contributed by atoms with Crippen LogP contribution in [0.3, 0.4) is 0 Å². The number of hydrogen-bond donors (Lipinski definition) is 0. The second kappa shape index (κ2) is 4.86. The maximum Gasteiger partial charge on any atom is 0.573 e. The van der Waals surface area contributed by atoms with E-state index in [0.717, 1.165) is 0 Å². The molecule has 2 aromatic rings. The topological polar surface area (TPSA) is 22.1 Å². The highest BCUT2D eigenvalue weighted by molar-refractivity contribution is 6.33. The zero-order valence-corrected chi connectivity index (χ0v) is 9.66. The standard InChI is InChI=1S/C12H7ClF3NO/c13-11-2-1-9(18-12(14,15)16)7-10(11)8-3-5-17-6-4-8/h1-7H. The van der Waals surface area contributed by atoms with E-state index in [2.05, 4.69) is 9.72 Å². The summed E-state index contributed by atoms with van der Waals surface area (Å²) in [6.07, 6.45) is -1.66. The lowest BCUT2D eigenvalue weighted by Gasteiger charge is -2.11. The molecule has 0 aliphatic rings. The molecular formula is C12H7ClF3NO. The van der Waals surface area contributed by atoms with Crippen molar-refractivity contribution >= 4 is 11.6 Å². The molecule has 0 fully saturated rings. The van der Waals surface area contributed by atoms with Crippen LogP contribution >= 0.6 is 11.6 Å². The van der Waals surface area contributed by atoms with Gasteiger partial charge in [0.15, 0.2) is 0 Å². The Morgan fingerprint density at radius 3 is 2.33 bits per heavy atom. The molecule has 0 unspecified atom stereocenters. The molecule has 18 heavy (non-hydrogen) atoms. The minimum atomic E-state index is -4.72. The zero-order valence-electron chi connectivity index (χ0n) is 8.91. The van der Waals surface area contributed by atoms with Crippen LogP contribution in [-0.4, -0.2) is 11.3 Å². The van der Waals surface area contributed by atoms with Gasteiger partial charge >= 0.3 is 6.36 Å². The van der Waals surface area contributed by atoms with Crippen molar-refractivity contribution in [3.63, 3.8) is 0 Å². The van der Waals surface area contributed by atoms with Crippen LogP contribution in [-0.2, 0) is 0 Å². The number of aromatic nitrogens is 1. The van der Waals surface area contributed by atoms with Crippen molar-refractivity contribution in [2.45, 2.75) is 6.36 Å². The number of alkyl halides is 3. The van der Waals surface area contributed by atoms with Gasteiger partial charge < -0.3 is 4.74 Å². The van der Waals surface area contributed by atoms with Crippen molar-refractivity contribution in [3.8, 4) is 16.9 Å². The Morgan fingerprint density at radius 1 is 1.06 bits per heavy atom. The molecule has 2 rings (SSSR count). The van der Waals surface area contributed by atoms with E-state index in [9.17, 15) is 13.2 Å². The van der Waals surface area contributed by atoms with Crippen molar-refractivity contribution in [3.05, 3.63) is 47.7 Å². The van der Waals surface area contributed by atoms with Gasteiger partial charge in [-0.25, -0.2) is 0 Å². The average Bonchev–Trinajstić information content (AvgIpc) is 2.31. The van der Waals surface area contributed by atoms with Gasteiger partial charge in [0.2, 0.25) is 0 Å². The molecule has 0 N–H and O–H groups in total. The molecule has 0 amide bonds. The molecule has 0 aliphatic carbocycles. The van der Waals surface area contributed by atoms with Crippen LogP contribution in [0.25, 0.3) is 11.1 Å². The molecule has 0 bridgehead atoms. The molecule has 0 aliphatic heterocycles. The maximum atomic E-state index is 12.1. The van der Waals surface area contributed by atoms with Gasteiger partial charge in [0.1, 0.15) is 5.75 Å². The number of hydrogen-bond acceptors (Lipinski definition) is 2. The second-order valence-corrected chi connectivity index (χ2v) is 3.83. The van der Waals surface area contributed by atoms with Gasteiger partial charge in [-0.1, -0.05) is 11.6 Å². The van der Waals surface area contributed by atoms with Crippen molar-refractivity contribution in [2.24, 2.45) is 0 Å². The number of benzene rings is 1. The number of pyridine rings is 1. The van der Waals surface area contributed by atoms with Crippen molar-refractivity contribution in [1.82, 2.24) is 4.98 Å². The van der Waals surface area contributed by atoms with E-state index >= 15 is 0 Å². The summed E-state index contributed by atoms with van der Waals surface area (Å²) in [5.74, 6) is -0.307. The summed E-state index contributed by atoms with van der Waals surface area (Å²) in [7, 11) is 0. The van der Waals surface area contributed by atoms with Gasteiger partial charge in [0.05, 0.1) is 0 Å². The highest BCUT2D eigenvalue weighted by Gasteiger charge is 2.31. The molecule has 1 aromatic heterocycles. The molecule has 1 aromatic carbocycles. The van der Waals surface area contributed by atoms with Crippen LogP contribution in [0.15, 0.2) is 42.7 Å². The number of ether oxygens (including phenoxy) is 1. The van der Waals surface area contributed by atoms with Gasteiger partial charge in [-0.15, -0.1) is 13.2 Å². The Balaban J connectivity index is 2.39. The van der Waals surface area contributed by atoms with Crippen LogP contribution in [0.5, 0.6) is 5.75 Å². The third kappa shape index (κ3) is 3.13. The number of rotatable bonds is 2. The SMILES string of the molecule is FC(F)(F)Oc1ccc(Cl)c(-c2ccncc2)c1. The first-order valence-corrected chi connectivity index (χ1v) is 5.29. The molecule has 6 heteroatoms. The third-order valence-electron chi connectivity index (χ3n) is 2.16. The summed E-state index contributed by atoms with van der Waals surface area (Å²) in [6.45, 7) is 0. The predicted molar refractivity (Wildman–Crippen MR) is 61.4 cm³/mol. The fraction of sp³-hybridized carbons (Fsp3) is 0.0833. The van der Waals surface area contributed by atoms with E-state index in [0.29, 0.717) is 16.1 Å². The molecule has 0 radical (unpaired) electrons. The summed E-state index contributed by atoms with van der Waals surface area (Å²) in [6, 6.07) is 7.07. The third-order valence-corrected chi connectivity index (χ3v) is 2.49. The van der Waals surface area contributed by atoms with Crippen molar-refractivity contribution < 1.29 is 17.9 Å². The van der Waals surface area contributed by atoms with Gasteiger partial charge in [0.25, 0.3) is 0 Å². The lowest BCUT2D eigenvalue weighted by atomic mass is 10.1. The summed E-state index contributed by atoms with van der Waals surface area (Å²) in [4.78, 5) is 3.83. The summed E-state index contributed by atoms with van der Waals surface area (Å²) < 4.78 is 40.2. The largest absolute Gasteiger partial charge is 0.573 e. The van der Waals surface area contributed by atoms with E-state index in [1.54, 1.807) is 12.1 Å². The lowest BCUT2D eigenvalue weighted by molar-refractivity contribution is -0.274. The zero-order chi connectivity index (χ0) is 13.2. The van der Waals surface area contributed by atoms with E-state index in [-0.39, 0.29) is 5.75 Å². The normalized spacial score (nSPS) is 11.3. The minimum absolute atomic E-state index is 0.307. The van der Waals surface area contributed by atoms with E-state index in [1.165, 1.54) is 30.6 Å². The Morgan fingerprint density at radius 2 is 1.72 bits per heavy atom. The fourth-order valence-electron chi connectivity index (χ4n) is 1.45. The van der Waals surface area contributed by atoms with Crippen LogP contribution in [0, 0.1) is 0 Å². The van der Waals surface area contributed by atoms with Crippen LogP contribution in [0.1, 0.15) is 0 Å². The Kier molecular flexibility index (Phi) is 3.43. The fourth-order valence-corrected chi connectivity index (χ4v) is 1.68. The predicted octanol–water partition coefficient (Wildman–Crippen LogP) is 4.30. The summed E-state index contributed by atoms with van der Waals surface area (Å²) in [5, 5.41) is 0.343. The summed E-state index contributed by atoms with van der Waals surface area (Å²) in [5.41, 5.74) is 1.13. The first-order chi connectivity index (χ1) is 8.46. The number of nitrogens with zero attached hydrogens (tertiary/aromatic N) is 1. The Hall–Kier alpha value is -1.75. The van der Waals surface area contributed by atoms with Crippen LogP contribution < -0.4 is 4.74 Å². The molecule has 0 spiro atoms. The van der Waals surface area contributed by atoms with Crippen molar-refractivity contribution in [1.29, 1.82) is 0 Å². The number of halogens is 4. The molecule has 0 saturated heterocycles. The molecule has 2 nitrogen and oxygen atoms in total. The van der Waals surface area contributed by atoms with E-state index in [4.69, 9.17) is 11.6 Å². The van der Waals surface area contributed by atoms with Gasteiger partial charge in [-0.05, 0) is 35.9 Å². The van der Waals surface area contributed by atoms with Gasteiger partial charge in [-0.2, -0.15) is 0 Å².